The van der Waals surface area contributed by atoms with Crippen molar-refractivity contribution in [1.29, 1.82) is 0 Å². The highest BCUT2D eigenvalue weighted by Gasteiger charge is 2.28. The molecule has 1 heterocycles. The summed E-state index contributed by atoms with van der Waals surface area (Å²) in [6.07, 6.45) is 1.28. The smallest absolute Gasteiger partial charge is 0.200 e. The molecular formula is C11H5F5N2O. The van der Waals surface area contributed by atoms with E-state index < -0.39 is 34.8 Å². The monoisotopic (exact) mass is 276 g/mol. The number of benzene rings is 1. The van der Waals surface area contributed by atoms with Crippen molar-refractivity contribution in [3.05, 3.63) is 46.5 Å². The molecule has 0 fully saturated rings. The van der Waals surface area contributed by atoms with Crippen molar-refractivity contribution in [1.82, 2.24) is 9.78 Å². The van der Waals surface area contributed by atoms with Crippen LogP contribution in [0.3, 0.4) is 0 Å². The van der Waals surface area contributed by atoms with Crippen LogP contribution in [0.5, 0.6) is 0 Å². The van der Waals surface area contributed by atoms with Gasteiger partial charge in [0.05, 0.1) is 6.20 Å². The first-order chi connectivity index (χ1) is 8.90. The van der Waals surface area contributed by atoms with Crippen LogP contribution in [0.1, 0.15) is 16.1 Å². The SMILES string of the molecule is Cc1cnn(-c2c(F)c(F)c(F)c(F)c2F)c1C=O. The van der Waals surface area contributed by atoms with Gasteiger partial charge in [0.15, 0.2) is 29.6 Å². The van der Waals surface area contributed by atoms with Gasteiger partial charge in [-0.15, -0.1) is 0 Å². The molecule has 0 unspecified atom stereocenters. The van der Waals surface area contributed by atoms with Gasteiger partial charge in [0.25, 0.3) is 0 Å². The molecule has 3 nitrogen and oxygen atoms in total. The summed E-state index contributed by atoms with van der Waals surface area (Å²) in [5, 5.41) is 3.44. The Labute approximate surface area is 103 Å². The molecule has 0 radical (unpaired) electrons. The molecule has 0 saturated heterocycles. The quantitative estimate of drug-likeness (QED) is 0.366. The molecule has 0 spiro atoms. The largest absolute Gasteiger partial charge is 0.296 e. The number of aryl methyl sites for hydroxylation is 1. The Bertz CT molecular complexity index is 651. The molecule has 0 aliphatic carbocycles. The standard InChI is InChI=1S/C11H5F5N2O/c1-4-2-17-18(5(4)3-19)11-9(15)7(13)6(12)8(14)10(11)16/h2-3H,1H3. The van der Waals surface area contributed by atoms with E-state index in [2.05, 4.69) is 5.10 Å². The maximum Gasteiger partial charge on any atom is 0.200 e. The third kappa shape index (κ3) is 1.79. The number of nitrogens with zero attached hydrogens (tertiary/aromatic N) is 2. The van der Waals surface area contributed by atoms with Gasteiger partial charge >= 0.3 is 0 Å². The fraction of sp³-hybridized carbons (Fsp3) is 0.0909. The Morgan fingerprint density at radius 1 is 1.00 bits per heavy atom. The Morgan fingerprint density at radius 2 is 1.47 bits per heavy atom. The summed E-state index contributed by atoms with van der Waals surface area (Å²) in [6.45, 7) is 1.40. The second-order valence-corrected chi connectivity index (χ2v) is 3.66. The summed E-state index contributed by atoms with van der Waals surface area (Å²) in [5.74, 6) is -10.6. The predicted molar refractivity (Wildman–Crippen MR) is 53.5 cm³/mol. The summed E-state index contributed by atoms with van der Waals surface area (Å²) in [4.78, 5) is 10.8. The molecule has 2 rings (SSSR count). The van der Waals surface area contributed by atoms with Crippen molar-refractivity contribution >= 4 is 6.29 Å². The first-order valence-corrected chi connectivity index (χ1v) is 4.91. The minimum atomic E-state index is -2.27. The molecular weight excluding hydrogens is 271 g/mol. The van der Waals surface area contributed by atoms with Crippen LogP contribution in [0.4, 0.5) is 22.0 Å². The maximum atomic E-state index is 13.5. The summed E-state index contributed by atoms with van der Waals surface area (Å²) < 4.78 is 66.4. The molecule has 1 aromatic carbocycles. The van der Waals surface area contributed by atoms with Crippen molar-refractivity contribution < 1.29 is 26.7 Å². The number of halogens is 5. The van der Waals surface area contributed by atoms with Crippen molar-refractivity contribution in [3.63, 3.8) is 0 Å². The first kappa shape index (κ1) is 13.2. The highest BCUT2D eigenvalue weighted by Crippen LogP contribution is 2.26. The van der Waals surface area contributed by atoms with E-state index in [1.165, 1.54) is 6.92 Å². The van der Waals surface area contributed by atoms with E-state index in [0.717, 1.165) is 6.20 Å². The lowest BCUT2D eigenvalue weighted by Gasteiger charge is -2.09. The molecule has 0 bridgehead atoms. The minimum Gasteiger partial charge on any atom is -0.296 e. The molecule has 8 heteroatoms. The fourth-order valence-electron chi connectivity index (χ4n) is 1.54. The molecule has 0 atom stereocenters. The maximum absolute atomic E-state index is 13.5. The van der Waals surface area contributed by atoms with Crippen molar-refractivity contribution in [2.24, 2.45) is 0 Å². The van der Waals surface area contributed by atoms with Crippen LogP contribution < -0.4 is 0 Å². The van der Waals surface area contributed by atoms with E-state index in [1.54, 1.807) is 0 Å². The Morgan fingerprint density at radius 3 is 1.95 bits per heavy atom. The molecule has 0 N–H and O–H groups in total. The zero-order valence-corrected chi connectivity index (χ0v) is 9.35. The number of carbonyl (C=O) groups is 1. The van der Waals surface area contributed by atoms with Crippen LogP contribution in [-0.2, 0) is 0 Å². The van der Waals surface area contributed by atoms with E-state index >= 15 is 0 Å². The van der Waals surface area contributed by atoms with E-state index in [1.807, 2.05) is 0 Å². The number of aldehydes is 1. The summed E-state index contributed by atoms with van der Waals surface area (Å²) in [6, 6.07) is 0. The van der Waals surface area contributed by atoms with Crippen LogP contribution in [0.25, 0.3) is 5.69 Å². The number of carbonyl (C=O) groups excluding carboxylic acids is 1. The minimum absolute atomic E-state index is 0.209. The number of hydrogen-bond acceptors (Lipinski definition) is 2. The van der Waals surface area contributed by atoms with Gasteiger partial charge in [0.2, 0.25) is 5.82 Å². The van der Waals surface area contributed by atoms with Gasteiger partial charge in [0.1, 0.15) is 11.4 Å². The summed E-state index contributed by atoms with van der Waals surface area (Å²) in [7, 11) is 0. The normalized spacial score (nSPS) is 10.8. The van der Waals surface area contributed by atoms with Crippen LogP contribution in [0, 0.1) is 36.0 Å². The van der Waals surface area contributed by atoms with Crippen LogP contribution in [0.2, 0.25) is 0 Å². The van der Waals surface area contributed by atoms with E-state index in [4.69, 9.17) is 0 Å². The number of rotatable bonds is 2. The van der Waals surface area contributed by atoms with Gasteiger partial charge in [-0.2, -0.15) is 5.10 Å². The second kappa shape index (κ2) is 4.45. The van der Waals surface area contributed by atoms with Crippen LogP contribution >= 0.6 is 0 Å². The molecule has 1 aromatic heterocycles. The highest BCUT2D eigenvalue weighted by molar-refractivity contribution is 5.75. The molecule has 2 aromatic rings. The molecule has 19 heavy (non-hydrogen) atoms. The van der Waals surface area contributed by atoms with Gasteiger partial charge < -0.3 is 0 Å². The number of hydrogen-bond donors (Lipinski definition) is 0. The van der Waals surface area contributed by atoms with Crippen LogP contribution in [-0.4, -0.2) is 16.1 Å². The van der Waals surface area contributed by atoms with Crippen molar-refractivity contribution in [2.45, 2.75) is 6.92 Å². The van der Waals surface area contributed by atoms with Gasteiger partial charge in [-0.1, -0.05) is 0 Å². The molecule has 0 aliphatic rings. The lowest BCUT2D eigenvalue weighted by molar-refractivity contribution is 0.111. The molecule has 0 amide bonds. The summed E-state index contributed by atoms with van der Waals surface area (Å²) in [5.41, 5.74) is -1.35. The highest BCUT2D eigenvalue weighted by atomic mass is 19.2. The molecule has 100 valence electrons. The van der Waals surface area contributed by atoms with E-state index in [-0.39, 0.29) is 17.5 Å². The van der Waals surface area contributed by atoms with Crippen molar-refractivity contribution in [2.75, 3.05) is 0 Å². The third-order valence-electron chi connectivity index (χ3n) is 2.51. The third-order valence-corrected chi connectivity index (χ3v) is 2.51. The average Bonchev–Trinajstić information content (AvgIpc) is 2.75. The van der Waals surface area contributed by atoms with E-state index in [0.29, 0.717) is 4.68 Å². The Hall–Kier alpha value is -2.25. The van der Waals surface area contributed by atoms with Gasteiger partial charge in [-0.05, 0) is 12.5 Å². The Balaban J connectivity index is 2.87. The Kier molecular flexibility index (Phi) is 3.09. The van der Waals surface area contributed by atoms with Crippen molar-refractivity contribution in [3.8, 4) is 5.69 Å². The van der Waals surface area contributed by atoms with E-state index in [9.17, 15) is 26.7 Å². The average molecular weight is 276 g/mol. The second-order valence-electron chi connectivity index (χ2n) is 3.66. The lowest BCUT2D eigenvalue weighted by Crippen LogP contribution is -2.12. The van der Waals surface area contributed by atoms with Crippen LogP contribution in [0.15, 0.2) is 6.20 Å². The molecule has 0 saturated carbocycles. The van der Waals surface area contributed by atoms with Gasteiger partial charge in [-0.25, -0.2) is 26.6 Å². The topological polar surface area (TPSA) is 34.9 Å². The first-order valence-electron chi connectivity index (χ1n) is 4.91. The zero-order chi connectivity index (χ0) is 14.3. The van der Waals surface area contributed by atoms with Gasteiger partial charge in [0, 0.05) is 0 Å². The fourth-order valence-corrected chi connectivity index (χ4v) is 1.54. The summed E-state index contributed by atoms with van der Waals surface area (Å²) >= 11 is 0. The van der Waals surface area contributed by atoms with Gasteiger partial charge in [-0.3, -0.25) is 4.79 Å². The lowest BCUT2D eigenvalue weighted by atomic mass is 10.2. The number of aromatic nitrogens is 2. The zero-order valence-electron chi connectivity index (χ0n) is 9.35. The molecule has 0 aliphatic heterocycles. The predicted octanol–water partition coefficient (Wildman–Crippen LogP) is 2.69.